The third-order valence-corrected chi connectivity index (χ3v) is 5.06. The van der Waals surface area contributed by atoms with Crippen LogP contribution >= 0.6 is 23.4 Å². The Morgan fingerprint density at radius 3 is 2.96 bits per heavy atom. The van der Waals surface area contributed by atoms with Gasteiger partial charge >= 0.3 is 0 Å². The van der Waals surface area contributed by atoms with Gasteiger partial charge in [-0.15, -0.1) is 11.8 Å². The van der Waals surface area contributed by atoms with Gasteiger partial charge in [0.25, 0.3) is 0 Å². The van der Waals surface area contributed by atoms with Gasteiger partial charge in [0.2, 0.25) is 5.91 Å². The van der Waals surface area contributed by atoms with Gasteiger partial charge in [0.15, 0.2) is 0 Å². The zero-order valence-electron chi connectivity index (χ0n) is 13.8. The summed E-state index contributed by atoms with van der Waals surface area (Å²) in [6.45, 7) is 1.51. The fourth-order valence-corrected chi connectivity index (χ4v) is 3.62. The van der Waals surface area contributed by atoms with E-state index in [2.05, 4.69) is 20.9 Å². The first-order valence-corrected chi connectivity index (χ1v) is 9.74. The molecule has 4 nitrogen and oxygen atoms in total. The zero-order chi connectivity index (χ0) is 17.5. The van der Waals surface area contributed by atoms with Gasteiger partial charge in [0.05, 0.1) is 23.1 Å². The summed E-state index contributed by atoms with van der Waals surface area (Å²) in [5.74, 6) is 1.32. The summed E-state index contributed by atoms with van der Waals surface area (Å²) >= 11 is 7.55. The molecular weight excluding hydrogens is 354 g/mol. The molecule has 0 saturated heterocycles. The number of nitrogens with zero attached hydrogens (tertiary/aromatic N) is 2. The van der Waals surface area contributed by atoms with Gasteiger partial charge in [0.1, 0.15) is 0 Å². The number of carbonyl (C=O) groups excluding carboxylic acids is 1. The third-order valence-electron chi connectivity index (χ3n) is 3.82. The maximum atomic E-state index is 11.9. The fourth-order valence-electron chi connectivity index (χ4n) is 2.61. The number of hydrogen-bond acceptors (Lipinski definition) is 3. The minimum absolute atomic E-state index is 0.0718. The van der Waals surface area contributed by atoms with Crippen LogP contribution in [-0.4, -0.2) is 27.8 Å². The van der Waals surface area contributed by atoms with Crippen LogP contribution in [0.3, 0.4) is 0 Å². The van der Waals surface area contributed by atoms with E-state index in [1.807, 2.05) is 48.8 Å². The molecular formula is C19H20ClN3OS. The van der Waals surface area contributed by atoms with Crippen molar-refractivity contribution in [3.8, 4) is 0 Å². The average molecular weight is 374 g/mol. The van der Waals surface area contributed by atoms with Crippen molar-refractivity contribution in [1.29, 1.82) is 0 Å². The van der Waals surface area contributed by atoms with Crippen molar-refractivity contribution >= 4 is 40.3 Å². The van der Waals surface area contributed by atoms with Crippen LogP contribution in [0.4, 0.5) is 0 Å². The molecule has 0 aliphatic carbocycles. The Balaban J connectivity index is 1.34. The second kappa shape index (κ2) is 8.92. The lowest BCUT2D eigenvalue weighted by Gasteiger charge is -2.07. The van der Waals surface area contributed by atoms with Crippen molar-refractivity contribution < 1.29 is 4.79 Å². The Labute approximate surface area is 156 Å². The molecule has 0 aliphatic rings. The highest BCUT2D eigenvalue weighted by atomic mass is 35.5. The number of amides is 1. The third kappa shape index (κ3) is 5.25. The molecule has 6 heteroatoms. The van der Waals surface area contributed by atoms with Gasteiger partial charge in [0, 0.05) is 23.9 Å². The Morgan fingerprint density at radius 2 is 2.08 bits per heavy atom. The zero-order valence-corrected chi connectivity index (χ0v) is 15.4. The Morgan fingerprint density at radius 1 is 1.20 bits per heavy atom. The van der Waals surface area contributed by atoms with E-state index in [1.54, 1.807) is 11.8 Å². The lowest BCUT2D eigenvalue weighted by molar-refractivity contribution is -0.118. The Bertz CT molecular complexity index is 849. The number of para-hydroxylation sites is 2. The summed E-state index contributed by atoms with van der Waals surface area (Å²) in [6.07, 6.45) is 2.73. The van der Waals surface area contributed by atoms with Crippen LogP contribution in [-0.2, 0) is 17.1 Å². The topological polar surface area (TPSA) is 46.9 Å². The van der Waals surface area contributed by atoms with Gasteiger partial charge in [-0.1, -0.05) is 35.9 Å². The SMILES string of the molecule is O=C(CSCc1cccc(Cl)c1)NCCCn1cnc2ccccc21. The first-order chi connectivity index (χ1) is 12.2. The van der Waals surface area contributed by atoms with Crippen LogP contribution in [0.2, 0.25) is 5.02 Å². The van der Waals surface area contributed by atoms with Crippen LogP contribution in [0.1, 0.15) is 12.0 Å². The summed E-state index contributed by atoms with van der Waals surface area (Å²) < 4.78 is 2.12. The van der Waals surface area contributed by atoms with Crippen LogP contribution < -0.4 is 5.32 Å². The fraction of sp³-hybridized carbons (Fsp3) is 0.263. The van der Waals surface area contributed by atoms with E-state index in [1.165, 1.54) is 0 Å². The number of imidazole rings is 1. The number of benzene rings is 2. The van der Waals surface area contributed by atoms with E-state index < -0.39 is 0 Å². The lowest BCUT2D eigenvalue weighted by atomic mass is 10.2. The van der Waals surface area contributed by atoms with Gasteiger partial charge < -0.3 is 9.88 Å². The number of carbonyl (C=O) groups is 1. The van der Waals surface area contributed by atoms with E-state index in [4.69, 9.17) is 11.6 Å². The quantitative estimate of drug-likeness (QED) is 0.604. The summed E-state index contributed by atoms with van der Waals surface area (Å²) in [6, 6.07) is 15.8. The average Bonchev–Trinajstić information content (AvgIpc) is 3.02. The Kier molecular flexibility index (Phi) is 6.36. The highest BCUT2D eigenvalue weighted by Crippen LogP contribution is 2.16. The first kappa shape index (κ1) is 17.8. The molecule has 25 heavy (non-hydrogen) atoms. The highest BCUT2D eigenvalue weighted by Gasteiger charge is 2.04. The standard InChI is InChI=1S/C19H20ClN3OS/c20-16-6-3-5-15(11-16)12-25-13-19(24)21-9-4-10-23-14-22-17-7-1-2-8-18(17)23/h1-3,5-8,11,14H,4,9-10,12-13H2,(H,21,24). The second-order valence-electron chi connectivity index (χ2n) is 5.75. The molecule has 0 radical (unpaired) electrons. The molecule has 2 aromatic carbocycles. The number of aromatic nitrogens is 2. The largest absolute Gasteiger partial charge is 0.355 e. The van der Waals surface area contributed by atoms with Crippen LogP contribution in [0, 0.1) is 0 Å². The lowest BCUT2D eigenvalue weighted by Crippen LogP contribution is -2.26. The molecule has 0 saturated carbocycles. The number of fused-ring (bicyclic) bond motifs is 1. The predicted octanol–water partition coefficient (Wildman–Crippen LogP) is 4.13. The number of hydrogen-bond donors (Lipinski definition) is 1. The number of halogens is 1. The van der Waals surface area contributed by atoms with E-state index in [-0.39, 0.29) is 5.91 Å². The molecule has 0 atom stereocenters. The molecule has 1 N–H and O–H groups in total. The summed E-state index contributed by atoms with van der Waals surface area (Å²) in [7, 11) is 0. The van der Waals surface area contributed by atoms with Crippen molar-refractivity contribution in [1.82, 2.24) is 14.9 Å². The molecule has 130 valence electrons. The van der Waals surface area contributed by atoms with Crippen molar-refractivity contribution in [2.75, 3.05) is 12.3 Å². The van der Waals surface area contributed by atoms with Crippen molar-refractivity contribution in [3.63, 3.8) is 0 Å². The maximum Gasteiger partial charge on any atom is 0.230 e. The summed E-state index contributed by atoms with van der Waals surface area (Å²) in [5, 5.41) is 3.70. The number of thioether (sulfide) groups is 1. The molecule has 3 rings (SSSR count). The van der Waals surface area contributed by atoms with Crippen LogP contribution in [0.15, 0.2) is 54.9 Å². The van der Waals surface area contributed by atoms with Crippen molar-refractivity contribution in [3.05, 3.63) is 65.4 Å². The molecule has 3 aromatic rings. The minimum Gasteiger partial charge on any atom is -0.355 e. The molecule has 0 bridgehead atoms. The molecule has 0 spiro atoms. The van der Waals surface area contributed by atoms with E-state index >= 15 is 0 Å². The van der Waals surface area contributed by atoms with E-state index in [0.717, 1.165) is 40.3 Å². The summed E-state index contributed by atoms with van der Waals surface area (Å²) in [4.78, 5) is 16.3. The minimum atomic E-state index is 0.0718. The van der Waals surface area contributed by atoms with Crippen LogP contribution in [0.5, 0.6) is 0 Å². The second-order valence-corrected chi connectivity index (χ2v) is 7.17. The predicted molar refractivity (Wildman–Crippen MR) is 105 cm³/mol. The normalized spacial score (nSPS) is 10.9. The molecule has 1 heterocycles. The molecule has 0 fully saturated rings. The van der Waals surface area contributed by atoms with Gasteiger partial charge in [-0.05, 0) is 36.2 Å². The monoisotopic (exact) mass is 373 g/mol. The highest BCUT2D eigenvalue weighted by molar-refractivity contribution is 7.99. The summed E-state index contributed by atoms with van der Waals surface area (Å²) in [5.41, 5.74) is 3.27. The van der Waals surface area contributed by atoms with Gasteiger partial charge in [-0.2, -0.15) is 0 Å². The first-order valence-electron chi connectivity index (χ1n) is 8.21. The molecule has 1 amide bonds. The van der Waals surface area contributed by atoms with E-state index in [9.17, 15) is 4.79 Å². The molecule has 1 aromatic heterocycles. The van der Waals surface area contributed by atoms with Crippen molar-refractivity contribution in [2.45, 2.75) is 18.7 Å². The molecule has 0 aliphatic heterocycles. The van der Waals surface area contributed by atoms with Crippen LogP contribution in [0.25, 0.3) is 11.0 Å². The van der Waals surface area contributed by atoms with Gasteiger partial charge in [-0.25, -0.2) is 4.98 Å². The Hall–Kier alpha value is -1.98. The number of rotatable bonds is 8. The van der Waals surface area contributed by atoms with Crippen molar-refractivity contribution in [2.24, 2.45) is 0 Å². The smallest absolute Gasteiger partial charge is 0.230 e. The maximum absolute atomic E-state index is 11.9. The molecule has 0 unspecified atom stereocenters. The number of aryl methyl sites for hydroxylation is 1. The van der Waals surface area contributed by atoms with E-state index in [0.29, 0.717) is 12.3 Å². The number of nitrogens with one attached hydrogen (secondary N) is 1. The van der Waals surface area contributed by atoms with Gasteiger partial charge in [-0.3, -0.25) is 4.79 Å².